The smallest absolute Gasteiger partial charge is 0.336 e. The number of carbonyl (C=O) groups is 1. The average Bonchev–Trinajstić information content (AvgIpc) is 2.04. The van der Waals surface area contributed by atoms with Gasteiger partial charge >= 0.3 is 5.97 Å². The molecule has 0 aliphatic rings. The number of carboxylic acid groups (broad SMARTS) is 1. The summed E-state index contributed by atoms with van der Waals surface area (Å²) in [6.45, 7) is 0. The molecular formula is C7H7NO2S. The normalized spacial score (nSPS) is 9.55. The first-order valence-electron chi connectivity index (χ1n) is 2.97. The van der Waals surface area contributed by atoms with Crippen molar-refractivity contribution in [3.8, 4) is 0 Å². The van der Waals surface area contributed by atoms with Crippen molar-refractivity contribution < 1.29 is 9.90 Å². The highest BCUT2D eigenvalue weighted by molar-refractivity contribution is 7.98. The Labute approximate surface area is 68.5 Å². The zero-order valence-corrected chi connectivity index (χ0v) is 6.76. The lowest BCUT2D eigenvalue weighted by atomic mass is 10.3. The topological polar surface area (TPSA) is 50.2 Å². The zero-order valence-electron chi connectivity index (χ0n) is 5.94. The second-order valence-corrected chi connectivity index (χ2v) is 2.73. The van der Waals surface area contributed by atoms with E-state index in [0.717, 1.165) is 0 Å². The largest absolute Gasteiger partial charge is 0.478 e. The predicted octanol–water partition coefficient (Wildman–Crippen LogP) is 1.50. The Bertz CT molecular complexity index is 275. The minimum atomic E-state index is -0.906. The Hall–Kier alpha value is -1.03. The lowest BCUT2D eigenvalue weighted by Gasteiger charge is -1.98. The molecule has 0 fully saturated rings. The first-order chi connectivity index (χ1) is 5.25. The van der Waals surface area contributed by atoms with Crippen molar-refractivity contribution in [1.82, 2.24) is 4.98 Å². The number of hydrogen-bond donors (Lipinski definition) is 1. The number of rotatable bonds is 2. The third-order valence-electron chi connectivity index (χ3n) is 1.23. The minimum Gasteiger partial charge on any atom is -0.478 e. The van der Waals surface area contributed by atoms with Crippen LogP contribution in [0.2, 0.25) is 0 Å². The summed E-state index contributed by atoms with van der Waals surface area (Å²) in [5.74, 6) is -0.906. The van der Waals surface area contributed by atoms with Crippen LogP contribution >= 0.6 is 11.8 Å². The number of carboxylic acids is 1. The second kappa shape index (κ2) is 3.39. The van der Waals surface area contributed by atoms with Gasteiger partial charge in [-0.25, -0.2) is 4.79 Å². The molecule has 1 N–H and O–H groups in total. The Morgan fingerprint density at radius 3 is 2.91 bits per heavy atom. The molecule has 0 radical (unpaired) electrons. The molecule has 0 aliphatic heterocycles. The molecule has 3 nitrogen and oxygen atoms in total. The molecule has 1 heterocycles. The van der Waals surface area contributed by atoms with Crippen molar-refractivity contribution in [3.05, 3.63) is 24.0 Å². The summed E-state index contributed by atoms with van der Waals surface area (Å²) >= 11 is 1.38. The quantitative estimate of drug-likeness (QED) is 0.681. The molecular weight excluding hydrogens is 162 g/mol. The Morgan fingerprint density at radius 2 is 2.45 bits per heavy atom. The van der Waals surface area contributed by atoms with E-state index in [9.17, 15) is 4.79 Å². The van der Waals surface area contributed by atoms with Crippen molar-refractivity contribution in [2.45, 2.75) is 4.90 Å². The summed E-state index contributed by atoms with van der Waals surface area (Å²) in [7, 11) is 0. The number of aromatic carboxylic acids is 1. The van der Waals surface area contributed by atoms with Gasteiger partial charge in [0, 0.05) is 17.3 Å². The maximum absolute atomic E-state index is 10.5. The number of nitrogens with zero attached hydrogens (tertiary/aromatic N) is 1. The predicted molar refractivity (Wildman–Crippen MR) is 43.0 cm³/mol. The molecule has 0 aliphatic carbocycles. The van der Waals surface area contributed by atoms with Gasteiger partial charge in [-0.05, 0) is 12.3 Å². The van der Waals surface area contributed by atoms with Gasteiger partial charge in [-0.1, -0.05) is 0 Å². The molecule has 58 valence electrons. The number of thioether (sulfide) groups is 1. The van der Waals surface area contributed by atoms with Gasteiger partial charge in [0.05, 0.1) is 5.56 Å². The Kier molecular flexibility index (Phi) is 2.48. The monoisotopic (exact) mass is 169 g/mol. The van der Waals surface area contributed by atoms with Crippen LogP contribution in [0.5, 0.6) is 0 Å². The zero-order chi connectivity index (χ0) is 8.27. The lowest BCUT2D eigenvalue weighted by Crippen LogP contribution is -1.98. The molecule has 0 saturated heterocycles. The van der Waals surface area contributed by atoms with E-state index < -0.39 is 5.97 Å². The Balaban J connectivity index is 3.12. The summed E-state index contributed by atoms with van der Waals surface area (Å²) in [6, 6.07) is 1.49. The second-order valence-electron chi connectivity index (χ2n) is 1.88. The van der Waals surface area contributed by atoms with Gasteiger partial charge in [0.2, 0.25) is 0 Å². The number of pyridine rings is 1. The highest BCUT2D eigenvalue weighted by atomic mass is 32.2. The summed E-state index contributed by atoms with van der Waals surface area (Å²) < 4.78 is 0. The third-order valence-corrected chi connectivity index (χ3v) is 2.00. The van der Waals surface area contributed by atoms with Crippen LogP contribution in [-0.2, 0) is 0 Å². The highest BCUT2D eigenvalue weighted by Crippen LogP contribution is 2.17. The SMILES string of the molecule is CSc1cnccc1C(=O)O. The van der Waals surface area contributed by atoms with E-state index in [2.05, 4.69) is 4.98 Å². The van der Waals surface area contributed by atoms with Crippen LogP contribution in [0.4, 0.5) is 0 Å². The third kappa shape index (κ3) is 1.71. The summed E-state index contributed by atoms with van der Waals surface area (Å²) in [5, 5.41) is 8.66. The van der Waals surface area contributed by atoms with E-state index >= 15 is 0 Å². The summed E-state index contributed by atoms with van der Waals surface area (Å²) in [4.78, 5) is 15.0. The van der Waals surface area contributed by atoms with Gasteiger partial charge in [-0.2, -0.15) is 0 Å². The first-order valence-corrected chi connectivity index (χ1v) is 4.19. The molecule has 0 bridgehead atoms. The van der Waals surface area contributed by atoms with Gasteiger partial charge < -0.3 is 5.11 Å². The van der Waals surface area contributed by atoms with Crippen LogP contribution < -0.4 is 0 Å². The van der Waals surface area contributed by atoms with Gasteiger partial charge in [-0.3, -0.25) is 4.98 Å². The van der Waals surface area contributed by atoms with E-state index in [1.807, 2.05) is 6.26 Å². The van der Waals surface area contributed by atoms with Gasteiger partial charge in [0.1, 0.15) is 0 Å². The maximum Gasteiger partial charge on any atom is 0.336 e. The average molecular weight is 169 g/mol. The molecule has 0 amide bonds. The van der Waals surface area contributed by atoms with E-state index in [0.29, 0.717) is 10.5 Å². The van der Waals surface area contributed by atoms with Crippen LogP contribution in [0.15, 0.2) is 23.4 Å². The molecule has 0 unspecified atom stereocenters. The molecule has 1 aromatic rings. The molecule has 1 aromatic heterocycles. The van der Waals surface area contributed by atoms with E-state index in [-0.39, 0.29) is 0 Å². The van der Waals surface area contributed by atoms with Crippen LogP contribution in [-0.4, -0.2) is 22.3 Å². The summed E-state index contributed by atoms with van der Waals surface area (Å²) in [6.07, 6.45) is 4.85. The summed E-state index contributed by atoms with van der Waals surface area (Å²) in [5.41, 5.74) is 0.313. The van der Waals surface area contributed by atoms with E-state index in [1.54, 1.807) is 6.20 Å². The van der Waals surface area contributed by atoms with Crippen LogP contribution in [0.25, 0.3) is 0 Å². The molecule has 4 heteroatoms. The van der Waals surface area contributed by atoms with E-state index in [4.69, 9.17) is 5.11 Å². The van der Waals surface area contributed by atoms with Gasteiger partial charge in [0.15, 0.2) is 0 Å². The van der Waals surface area contributed by atoms with Gasteiger partial charge in [-0.15, -0.1) is 11.8 Å². The molecule has 0 atom stereocenters. The van der Waals surface area contributed by atoms with Crippen molar-refractivity contribution in [1.29, 1.82) is 0 Å². The Morgan fingerprint density at radius 1 is 1.73 bits per heavy atom. The standard InChI is InChI=1S/C7H7NO2S/c1-11-6-4-8-3-2-5(6)7(9)10/h2-4H,1H3,(H,9,10). The fraction of sp³-hybridized carbons (Fsp3) is 0.143. The molecule has 0 aromatic carbocycles. The van der Waals surface area contributed by atoms with E-state index in [1.165, 1.54) is 24.0 Å². The number of aromatic nitrogens is 1. The molecule has 0 saturated carbocycles. The molecule has 1 rings (SSSR count). The molecule has 0 spiro atoms. The lowest BCUT2D eigenvalue weighted by molar-refractivity contribution is 0.0693. The fourth-order valence-electron chi connectivity index (χ4n) is 0.719. The molecule has 11 heavy (non-hydrogen) atoms. The van der Waals surface area contributed by atoms with Crippen LogP contribution in [0.3, 0.4) is 0 Å². The minimum absolute atomic E-state index is 0.313. The first kappa shape index (κ1) is 8.07. The van der Waals surface area contributed by atoms with Gasteiger partial charge in [0.25, 0.3) is 0 Å². The highest BCUT2D eigenvalue weighted by Gasteiger charge is 2.07. The van der Waals surface area contributed by atoms with Crippen molar-refractivity contribution in [3.63, 3.8) is 0 Å². The number of hydrogen-bond acceptors (Lipinski definition) is 3. The van der Waals surface area contributed by atoms with Crippen molar-refractivity contribution in [2.24, 2.45) is 0 Å². The fourth-order valence-corrected chi connectivity index (χ4v) is 1.26. The van der Waals surface area contributed by atoms with Crippen LogP contribution in [0, 0.1) is 0 Å². The maximum atomic E-state index is 10.5. The van der Waals surface area contributed by atoms with Crippen LogP contribution in [0.1, 0.15) is 10.4 Å². The van der Waals surface area contributed by atoms with Crippen molar-refractivity contribution in [2.75, 3.05) is 6.26 Å². The van der Waals surface area contributed by atoms with Crippen molar-refractivity contribution >= 4 is 17.7 Å².